The predicted molar refractivity (Wildman–Crippen MR) is 62.7 cm³/mol. The Morgan fingerprint density at radius 3 is 2.50 bits per heavy atom. The van der Waals surface area contributed by atoms with E-state index in [1.165, 1.54) is 10.6 Å². The molecule has 1 N–H and O–H groups in total. The van der Waals surface area contributed by atoms with Gasteiger partial charge in [0.2, 0.25) is 0 Å². The van der Waals surface area contributed by atoms with Gasteiger partial charge in [0.05, 0.1) is 7.11 Å². The summed E-state index contributed by atoms with van der Waals surface area (Å²) in [7, 11) is 3.34. The molecule has 1 unspecified atom stereocenters. The summed E-state index contributed by atoms with van der Waals surface area (Å²) < 4.78 is 0. The standard InChI is InChI=1S/C13H19NO2/c1-14(16-2)13(15)12-8-11(9-12)10-6-4-3-5-7-10/h3-7,11-13,15H,8-9H2,1-2H3. The molecular formula is C13H19NO2. The molecule has 3 heteroatoms. The monoisotopic (exact) mass is 221 g/mol. The molecule has 3 nitrogen and oxygen atoms in total. The molecule has 1 atom stereocenters. The van der Waals surface area contributed by atoms with Crippen molar-refractivity contribution in [1.29, 1.82) is 0 Å². The molecule has 1 aliphatic carbocycles. The number of aliphatic hydroxyl groups excluding tert-OH is 1. The van der Waals surface area contributed by atoms with Gasteiger partial charge in [0, 0.05) is 13.0 Å². The summed E-state index contributed by atoms with van der Waals surface area (Å²) in [5.74, 6) is 0.932. The third-order valence-electron chi connectivity index (χ3n) is 3.53. The van der Waals surface area contributed by atoms with E-state index in [2.05, 4.69) is 24.3 Å². The van der Waals surface area contributed by atoms with Crippen LogP contribution in [0.15, 0.2) is 30.3 Å². The quantitative estimate of drug-likeness (QED) is 0.623. The average molecular weight is 221 g/mol. The topological polar surface area (TPSA) is 32.7 Å². The van der Waals surface area contributed by atoms with Gasteiger partial charge in [0.1, 0.15) is 6.23 Å². The Bertz CT molecular complexity index is 322. The summed E-state index contributed by atoms with van der Waals surface area (Å²) in [5.41, 5.74) is 1.38. The van der Waals surface area contributed by atoms with Crippen LogP contribution in [0.3, 0.4) is 0 Å². The molecule has 1 aliphatic rings. The lowest BCUT2D eigenvalue weighted by molar-refractivity contribution is -0.230. The molecular weight excluding hydrogens is 202 g/mol. The van der Waals surface area contributed by atoms with Crippen molar-refractivity contribution in [3.8, 4) is 0 Å². The molecule has 0 aliphatic heterocycles. The van der Waals surface area contributed by atoms with Crippen LogP contribution in [0.1, 0.15) is 24.3 Å². The van der Waals surface area contributed by atoms with Crippen LogP contribution >= 0.6 is 0 Å². The Balaban J connectivity index is 1.86. The molecule has 1 aromatic rings. The van der Waals surface area contributed by atoms with Gasteiger partial charge in [-0.1, -0.05) is 30.3 Å². The van der Waals surface area contributed by atoms with E-state index in [1.54, 1.807) is 14.2 Å². The van der Waals surface area contributed by atoms with Gasteiger partial charge in [-0.15, -0.1) is 0 Å². The molecule has 0 amide bonds. The van der Waals surface area contributed by atoms with Crippen LogP contribution in [0.25, 0.3) is 0 Å². The Morgan fingerprint density at radius 2 is 1.94 bits per heavy atom. The first-order valence-electron chi connectivity index (χ1n) is 5.72. The van der Waals surface area contributed by atoms with E-state index < -0.39 is 6.23 Å². The normalized spacial score (nSPS) is 26.5. The molecule has 1 saturated carbocycles. The largest absolute Gasteiger partial charge is 0.376 e. The van der Waals surface area contributed by atoms with Crippen molar-refractivity contribution in [2.45, 2.75) is 25.0 Å². The zero-order valence-corrected chi connectivity index (χ0v) is 9.84. The van der Waals surface area contributed by atoms with E-state index in [0.717, 1.165) is 12.8 Å². The fourth-order valence-corrected chi connectivity index (χ4v) is 2.31. The highest BCUT2D eigenvalue weighted by Crippen LogP contribution is 2.43. The van der Waals surface area contributed by atoms with Gasteiger partial charge in [-0.25, -0.2) is 0 Å². The molecule has 0 radical (unpaired) electrons. The number of benzene rings is 1. The smallest absolute Gasteiger partial charge is 0.132 e. The molecule has 2 rings (SSSR count). The summed E-state index contributed by atoms with van der Waals surface area (Å²) in [6.45, 7) is 0. The van der Waals surface area contributed by atoms with Crippen LogP contribution in [0.2, 0.25) is 0 Å². The first kappa shape index (κ1) is 11.6. The first-order chi connectivity index (χ1) is 7.72. The molecule has 0 spiro atoms. The number of rotatable bonds is 4. The maximum absolute atomic E-state index is 9.90. The highest BCUT2D eigenvalue weighted by atomic mass is 16.7. The Kier molecular flexibility index (Phi) is 3.59. The van der Waals surface area contributed by atoms with E-state index in [0.29, 0.717) is 11.8 Å². The third kappa shape index (κ3) is 2.26. The van der Waals surface area contributed by atoms with Gasteiger partial charge < -0.3 is 9.94 Å². The lowest BCUT2D eigenvalue weighted by Gasteiger charge is -2.40. The van der Waals surface area contributed by atoms with Crippen molar-refractivity contribution in [3.63, 3.8) is 0 Å². The van der Waals surface area contributed by atoms with E-state index in [4.69, 9.17) is 4.84 Å². The molecule has 0 aromatic heterocycles. The maximum Gasteiger partial charge on any atom is 0.132 e. The van der Waals surface area contributed by atoms with Crippen LogP contribution < -0.4 is 0 Å². The van der Waals surface area contributed by atoms with E-state index >= 15 is 0 Å². The maximum atomic E-state index is 9.90. The second kappa shape index (κ2) is 4.95. The molecule has 0 bridgehead atoms. The van der Waals surface area contributed by atoms with Crippen molar-refractivity contribution in [3.05, 3.63) is 35.9 Å². The zero-order chi connectivity index (χ0) is 11.5. The van der Waals surface area contributed by atoms with Crippen LogP contribution in [0.4, 0.5) is 0 Å². The molecule has 0 saturated heterocycles. The van der Waals surface area contributed by atoms with Gasteiger partial charge >= 0.3 is 0 Å². The SMILES string of the molecule is CON(C)C(O)C1CC(c2ccccc2)C1. The summed E-state index contributed by atoms with van der Waals surface area (Å²) in [6.07, 6.45) is 1.60. The van der Waals surface area contributed by atoms with Gasteiger partial charge in [-0.3, -0.25) is 0 Å². The van der Waals surface area contributed by atoms with Crippen molar-refractivity contribution in [2.24, 2.45) is 5.92 Å². The lowest BCUT2D eigenvalue weighted by Crippen LogP contribution is -2.42. The van der Waals surface area contributed by atoms with Gasteiger partial charge in [0.25, 0.3) is 0 Å². The minimum atomic E-state index is -0.482. The molecule has 1 fully saturated rings. The van der Waals surface area contributed by atoms with Crippen LogP contribution in [-0.2, 0) is 4.84 Å². The van der Waals surface area contributed by atoms with Gasteiger partial charge in [-0.05, 0) is 24.3 Å². The summed E-state index contributed by atoms with van der Waals surface area (Å²) in [5, 5.41) is 11.4. The fourth-order valence-electron chi connectivity index (χ4n) is 2.31. The molecule has 1 aromatic carbocycles. The zero-order valence-electron chi connectivity index (χ0n) is 9.84. The Labute approximate surface area is 96.6 Å². The Hall–Kier alpha value is -0.900. The fraction of sp³-hybridized carbons (Fsp3) is 0.538. The van der Waals surface area contributed by atoms with Crippen molar-refractivity contribution in [1.82, 2.24) is 5.06 Å². The summed E-state index contributed by atoms with van der Waals surface area (Å²) in [6, 6.07) is 10.5. The summed E-state index contributed by atoms with van der Waals surface area (Å²) >= 11 is 0. The first-order valence-corrected chi connectivity index (χ1v) is 5.72. The average Bonchev–Trinajstić information content (AvgIpc) is 2.27. The van der Waals surface area contributed by atoms with Crippen molar-refractivity contribution >= 4 is 0 Å². The number of hydrogen-bond donors (Lipinski definition) is 1. The third-order valence-corrected chi connectivity index (χ3v) is 3.53. The van der Waals surface area contributed by atoms with Gasteiger partial charge in [0.15, 0.2) is 0 Å². The second-order valence-electron chi connectivity index (χ2n) is 4.48. The van der Waals surface area contributed by atoms with Crippen LogP contribution in [0.5, 0.6) is 0 Å². The number of hydroxylamine groups is 2. The van der Waals surface area contributed by atoms with E-state index in [1.807, 2.05) is 6.07 Å². The van der Waals surface area contributed by atoms with Crippen LogP contribution in [0, 0.1) is 5.92 Å². The molecule has 88 valence electrons. The number of aliphatic hydroxyl groups is 1. The Morgan fingerprint density at radius 1 is 1.31 bits per heavy atom. The molecule has 16 heavy (non-hydrogen) atoms. The predicted octanol–water partition coefficient (Wildman–Crippen LogP) is 1.99. The second-order valence-corrected chi connectivity index (χ2v) is 4.48. The minimum absolute atomic E-state index is 0.329. The highest BCUT2D eigenvalue weighted by Gasteiger charge is 2.36. The van der Waals surface area contributed by atoms with Gasteiger partial charge in [-0.2, -0.15) is 5.06 Å². The summed E-state index contributed by atoms with van der Waals surface area (Å²) in [4.78, 5) is 4.99. The lowest BCUT2D eigenvalue weighted by atomic mass is 9.70. The van der Waals surface area contributed by atoms with E-state index in [-0.39, 0.29) is 0 Å². The number of nitrogens with zero attached hydrogens (tertiary/aromatic N) is 1. The van der Waals surface area contributed by atoms with E-state index in [9.17, 15) is 5.11 Å². The molecule has 0 heterocycles. The minimum Gasteiger partial charge on any atom is -0.376 e. The highest BCUT2D eigenvalue weighted by molar-refractivity contribution is 5.22. The van der Waals surface area contributed by atoms with Crippen molar-refractivity contribution in [2.75, 3.05) is 14.2 Å². The van der Waals surface area contributed by atoms with Crippen LogP contribution in [-0.4, -0.2) is 30.6 Å². The van der Waals surface area contributed by atoms with Crippen molar-refractivity contribution < 1.29 is 9.94 Å². The number of hydrogen-bond acceptors (Lipinski definition) is 3.